The molecule has 2 heterocycles. The molecule has 1 atom stereocenters. The summed E-state index contributed by atoms with van der Waals surface area (Å²) in [5.41, 5.74) is -0.801. The van der Waals surface area contributed by atoms with Crippen LogP contribution in [0.15, 0.2) is 0 Å². The Morgan fingerprint density at radius 1 is 1.47 bits per heavy atom. The Balaban J connectivity index is 2.26. The number of carboxylic acids is 1. The van der Waals surface area contributed by atoms with Crippen molar-refractivity contribution < 1.29 is 14.6 Å². The number of nitrogens with zero attached hydrogens (tertiary/aromatic N) is 4. The van der Waals surface area contributed by atoms with Gasteiger partial charge in [-0.15, -0.1) is 0 Å². The fourth-order valence-corrected chi connectivity index (χ4v) is 2.29. The summed E-state index contributed by atoms with van der Waals surface area (Å²) in [5, 5.41) is 9.32. The topological polar surface area (TPSA) is 88.4 Å². The molecule has 1 saturated heterocycles. The van der Waals surface area contributed by atoms with Gasteiger partial charge in [0.05, 0.1) is 12.5 Å². The Morgan fingerprint density at radius 2 is 2.21 bits per heavy atom. The van der Waals surface area contributed by atoms with Crippen molar-refractivity contribution in [1.82, 2.24) is 15.0 Å². The minimum Gasteiger partial charge on any atom is -0.481 e. The molecule has 19 heavy (non-hydrogen) atoms. The lowest BCUT2D eigenvalue weighted by atomic mass is 9.82. The molecule has 1 fully saturated rings. The summed E-state index contributed by atoms with van der Waals surface area (Å²) in [4.78, 5) is 25.0. The molecule has 7 nitrogen and oxygen atoms in total. The number of rotatable bonds is 3. The van der Waals surface area contributed by atoms with E-state index in [1.54, 1.807) is 11.8 Å². The second kappa shape index (κ2) is 5.16. The predicted molar refractivity (Wildman–Crippen MR) is 68.6 cm³/mol. The summed E-state index contributed by atoms with van der Waals surface area (Å²) >= 11 is 5.80. The van der Waals surface area contributed by atoms with Gasteiger partial charge in [-0.1, -0.05) is 0 Å². The smallest absolute Gasteiger partial charge is 0.322 e. The van der Waals surface area contributed by atoms with Gasteiger partial charge in [-0.2, -0.15) is 15.0 Å². The average molecular weight is 287 g/mol. The molecule has 1 N–H and O–H groups in total. The lowest BCUT2D eigenvalue weighted by molar-refractivity contribution is -0.148. The number of piperidine rings is 1. The van der Waals surface area contributed by atoms with E-state index in [1.165, 1.54) is 7.11 Å². The summed E-state index contributed by atoms with van der Waals surface area (Å²) in [5.74, 6) is -0.464. The van der Waals surface area contributed by atoms with E-state index in [0.717, 1.165) is 6.42 Å². The highest BCUT2D eigenvalue weighted by Crippen LogP contribution is 2.31. The monoisotopic (exact) mass is 286 g/mol. The van der Waals surface area contributed by atoms with Gasteiger partial charge in [-0.05, 0) is 31.4 Å². The van der Waals surface area contributed by atoms with E-state index in [9.17, 15) is 9.90 Å². The van der Waals surface area contributed by atoms with Gasteiger partial charge in [0, 0.05) is 13.1 Å². The molecule has 0 saturated carbocycles. The third kappa shape index (κ3) is 2.86. The van der Waals surface area contributed by atoms with Crippen molar-refractivity contribution >= 4 is 23.5 Å². The summed E-state index contributed by atoms with van der Waals surface area (Å²) in [6.07, 6.45) is 1.39. The van der Waals surface area contributed by atoms with Crippen molar-refractivity contribution in [3.63, 3.8) is 0 Å². The first kappa shape index (κ1) is 13.8. The molecule has 1 aliphatic heterocycles. The summed E-state index contributed by atoms with van der Waals surface area (Å²) < 4.78 is 4.94. The van der Waals surface area contributed by atoms with Gasteiger partial charge >= 0.3 is 12.0 Å². The van der Waals surface area contributed by atoms with Crippen molar-refractivity contribution in [2.75, 3.05) is 25.1 Å². The summed E-state index contributed by atoms with van der Waals surface area (Å²) in [6, 6.07) is 0.123. The first-order valence-electron chi connectivity index (χ1n) is 5.88. The number of carbonyl (C=O) groups is 1. The van der Waals surface area contributed by atoms with Gasteiger partial charge in [0.2, 0.25) is 11.2 Å². The van der Waals surface area contributed by atoms with Crippen LogP contribution < -0.4 is 9.64 Å². The number of hydrogen-bond donors (Lipinski definition) is 1. The number of methoxy groups -OCH3 is 1. The molecule has 0 bridgehead atoms. The number of ether oxygens (including phenoxy) is 1. The fraction of sp³-hybridized carbons (Fsp3) is 0.636. The van der Waals surface area contributed by atoms with Gasteiger partial charge in [-0.3, -0.25) is 4.79 Å². The Hall–Kier alpha value is -1.63. The van der Waals surface area contributed by atoms with Gasteiger partial charge in [0.25, 0.3) is 0 Å². The first-order chi connectivity index (χ1) is 8.94. The van der Waals surface area contributed by atoms with E-state index < -0.39 is 11.4 Å². The van der Waals surface area contributed by atoms with Crippen LogP contribution in [0.25, 0.3) is 0 Å². The van der Waals surface area contributed by atoms with Crippen LogP contribution in [0.2, 0.25) is 5.28 Å². The number of aliphatic carboxylic acids is 1. The molecule has 104 valence electrons. The fourth-order valence-electron chi connectivity index (χ4n) is 2.14. The summed E-state index contributed by atoms with van der Waals surface area (Å²) in [6.45, 7) is 2.75. The standard InChI is InChI=1S/C11H15ClN4O3/c1-11(7(17)18)4-3-5-16(6-11)9-13-8(12)14-10(15-9)19-2/h3-6H2,1-2H3,(H,17,18). The van der Waals surface area contributed by atoms with Gasteiger partial charge < -0.3 is 14.7 Å². The normalized spacial score (nSPS) is 23.2. The third-order valence-electron chi connectivity index (χ3n) is 3.25. The van der Waals surface area contributed by atoms with Gasteiger partial charge in [-0.25, -0.2) is 0 Å². The molecule has 0 aromatic carbocycles. The minimum atomic E-state index is -0.815. The van der Waals surface area contributed by atoms with Crippen LogP contribution >= 0.6 is 11.6 Å². The van der Waals surface area contributed by atoms with Gasteiger partial charge in [0.1, 0.15) is 0 Å². The van der Waals surface area contributed by atoms with Crippen LogP contribution in [0.1, 0.15) is 19.8 Å². The van der Waals surface area contributed by atoms with Crippen LogP contribution in [-0.4, -0.2) is 46.2 Å². The molecule has 8 heteroatoms. The van der Waals surface area contributed by atoms with Crippen LogP contribution in [0.4, 0.5) is 5.95 Å². The minimum absolute atomic E-state index is 0.0319. The largest absolute Gasteiger partial charge is 0.481 e. The van der Waals surface area contributed by atoms with Crippen molar-refractivity contribution in [2.24, 2.45) is 5.41 Å². The molecule has 1 aliphatic rings. The molecular weight excluding hydrogens is 272 g/mol. The quantitative estimate of drug-likeness (QED) is 0.894. The zero-order valence-electron chi connectivity index (χ0n) is 10.8. The molecule has 1 aromatic heterocycles. The van der Waals surface area contributed by atoms with Crippen molar-refractivity contribution in [3.8, 4) is 6.01 Å². The number of carboxylic acid groups (broad SMARTS) is 1. The highest BCUT2D eigenvalue weighted by atomic mass is 35.5. The average Bonchev–Trinajstić information content (AvgIpc) is 2.38. The highest BCUT2D eigenvalue weighted by Gasteiger charge is 2.38. The third-order valence-corrected chi connectivity index (χ3v) is 3.42. The SMILES string of the molecule is COc1nc(Cl)nc(N2CCCC(C)(C(=O)O)C2)n1. The molecule has 2 rings (SSSR count). The van der Waals surface area contributed by atoms with E-state index >= 15 is 0 Å². The Bertz CT molecular complexity index is 499. The molecule has 1 unspecified atom stereocenters. The highest BCUT2D eigenvalue weighted by molar-refractivity contribution is 6.28. The number of anilines is 1. The van der Waals surface area contributed by atoms with E-state index in [4.69, 9.17) is 16.3 Å². The maximum Gasteiger partial charge on any atom is 0.322 e. The van der Waals surface area contributed by atoms with Crippen LogP contribution in [0.3, 0.4) is 0 Å². The van der Waals surface area contributed by atoms with E-state index in [2.05, 4.69) is 15.0 Å². The lowest BCUT2D eigenvalue weighted by Crippen LogP contribution is -2.46. The van der Waals surface area contributed by atoms with Crippen molar-refractivity contribution in [2.45, 2.75) is 19.8 Å². The number of aromatic nitrogens is 3. The van der Waals surface area contributed by atoms with Gasteiger partial charge in [0.15, 0.2) is 0 Å². The Labute approximate surface area is 115 Å². The van der Waals surface area contributed by atoms with Crippen LogP contribution in [0, 0.1) is 5.41 Å². The second-order valence-corrected chi connectivity index (χ2v) is 5.12. The number of hydrogen-bond acceptors (Lipinski definition) is 6. The Kier molecular flexibility index (Phi) is 3.75. The first-order valence-corrected chi connectivity index (χ1v) is 6.26. The maximum atomic E-state index is 11.3. The summed E-state index contributed by atoms with van der Waals surface area (Å²) in [7, 11) is 1.44. The molecule has 0 spiro atoms. The lowest BCUT2D eigenvalue weighted by Gasteiger charge is -2.37. The molecule has 0 amide bonds. The number of halogens is 1. The van der Waals surface area contributed by atoms with E-state index in [0.29, 0.717) is 25.5 Å². The van der Waals surface area contributed by atoms with E-state index in [-0.39, 0.29) is 11.3 Å². The molecule has 1 aromatic rings. The zero-order chi connectivity index (χ0) is 14.0. The van der Waals surface area contributed by atoms with Crippen molar-refractivity contribution in [3.05, 3.63) is 5.28 Å². The van der Waals surface area contributed by atoms with E-state index in [1.807, 2.05) is 0 Å². The molecule has 0 radical (unpaired) electrons. The second-order valence-electron chi connectivity index (χ2n) is 4.78. The van der Waals surface area contributed by atoms with Crippen LogP contribution in [0.5, 0.6) is 6.01 Å². The van der Waals surface area contributed by atoms with Crippen molar-refractivity contribution in [1.29, 1.82) is 0 Å². The zero-order valence-corrected chi connectivity index (χ0v) is 11.5. The van der Waals surface area contributed by atoms with Crippen LogP contribution in [-0.2, 0) is 4.79 Å². The Morgan fingerprint density at radius 3 is 2.84 bits per heavy atom. The molecule has 0 aliphatic carbocycles. The predicted octanol–water partition coefficient (Wildman–Crippen LogP) is 1.22. The maximum absolute atomic E-state index is 11.3. The molecular formula is C11H15ClN4O3.